The monoisotopic (exact) mass is 590 g/mol. The molecular formula is C26H36N7O7S-. The topological polar surface area (TPSA) is 177 Å². The molecule has 0 saturated carbocycles. The maximum absolute atomic E-state index is 13.7. The Labute approximate surface area is 238 Å². The quantitative estimate of drug-likeness (QED) is 0.115. The molecule has 14 nitrogen and oxygen atoms in total. The summed E-state index contributed by atoms with van der Waals surface area (Å²) in [7, 11) is -2.17. The lowest BCUT2D eigenvalue weighted by Crippen LogP contribution is -2.49. The van der Waals surface area contributed by atoms with Gasteiger partial charge in [-0.1, -0.05) is 25.4 Å². The highest BCUT2D eigenvalue weighted by atomic mass is 32.2. The first kappa shape index (κ1) is 30.6. The Morgan fingerprint density at radius 1 is 1.20 bits per heavy atom. The Balaban J connectivity index is 1.76. The van der Waals surface area contributed by atoms with Crippen LogP contribution >= 0.6 is 0 Å². The first-order chi connectivity index (χ1) is 19.8. The van der Waals surface area contributed by atoms with Crippen LogP contribution in [0.5, 0.6) is 5.75 Å². The molecule has 1 saturated heterocycles. The fraction of sp³-hybridized carbons (Fsp3) is 0.500. The van der Waals surface area contributed by atoms with Crippen LogP contribution in [-0.4, -0.2) is 89.5 Å². The Kier molecular flexibility index (Phi) is 10.1. The van der Waals surface area contributed by atoms with Gasteiger partial charge in [0, 0.05) is 45.3 Å². The van der Waals surface area contributed by atoms with E-state index in [0.29, 0.717) is 60.7 Å². The number of hydrogen-bond acceptors (Lipinski definition) is 11. The summed E-state index contributed by atoms with van der Waals surface area (Å²) in [6, 6.07) is 4.58. The van der Waals surface area contributed by atoms with Gasteiger partial charge in [0.05, 0.1) is 35.6 Å². The smallest absolute Gasteiger partial charge is 0.275 e. The zero-order chi connectivity index (χ0) is 29.6. The summed E-state index contributed by atoms with van der Waals surface area (Å²) in [6.07, 6.45) is 3.37. The molecule has 0 unspecified atom stereocenters. The van der Waals surface area contributed by atoms with E-state index in [1.165, 1.54) is 28.3 Å². The van der Waals surface area contributed by atoms with Crippen molar-refractivity contribution in [1.29, 1.82) is 0 Å². The molecule has 4 rings (SSSR count). The number of H-pyrrole nitrogens is 1. The minimum absolute atomic E-state index is 0.0568. The highest BCUT2D eigenvalue weighted by Gasteiger charge is 2.30. The predicted octanol–water partition coefficient (Wildman–Crippen LogP) is 1.80. The van der Waals surface area contributed by atoms with Crippen LogP contribution in [0.15, 0.2) is 33.0 Å². The number of nitrogens with one attached hydrogen (secondary N) is 2. The molecule has 1 aliphatic heterocycles. The van der Waals surface area contributed by atoms with Gasteiger partial charge in [0.25, 0.3) is 5.56 Å². The van der Waals surface area contributed by atoms with Crippen LogP contribution in [0.4, 0.5) is 0 Å². The zero-order valence-electron chi connectivity index (χ0n) is 23.4. The third-order valence-electron chi connectivity index (χ3n) is 7.07. The Morgan fingerprint density at radius 2 is 1.95 bits per heavy atom. The van der Waals surface area contributed by atoms with Gasteiger partial charge in [0.1, 0.15) is 22.6 Å². The second-order valence-corrected chi connectivity index (χ2v) is 11.7. The summed E-state index contributed by atoms with van der Waals surface area (Å²) >= 11 is 0. The number of benzene rings is 1. The minimum atomic E-state index is -3.87. The van der Waals surface area contributed by atoms with Crippen molar-refractivity contribution in [3.8, 4) is 17.1 Å². The number of aryl methyl sites for hydroxylation is 2. The van der Waals surface area contributed by atoms with Crippen LogP contribution in [0.2, 0.25) is 0 Å². The number of aromatic nitrogens is 3. The van der Waals surface area contributed by atoms with E-state index in [2.05, 4.69) is 15.0 Å². The molecule has 0 spiro atoms. The van der Waals surface area contributed by atoms with E-state index in [1.807, 2.05) is 18.7 Å². The molecule has 0 atom stereocenters. The summed E-state index contributed by atoms with van der Waals surface area (Å²) in [6.45, 7) is 6.58. The average Bonchev–Trinajstić information content (AvgIpc) is 3.23. The van der Waals surface area contributed by atoms with Crippen molar-refractivity contribution >= 4 is 27.3 Å². The van der Waals surface area contributed by atoms with Crippen molar-refractivity contribution < 1.29 is 23.2 Å². The van der Waals surface area contributed by atoms with Crippen LogP contribution in [-0.2, 0) is 28.3 Å². The van der Waals surface area contributed by atoms with Crippen molar-refractivity contribution in [3.63, 3.8) is 0 Å². The molecule has 0 bridgehead atoms. The average molecular weight is 591 g/mol. The number of hydrogen-bond donors (Lipinski definition) is 3. The Morgan fingerprint density at radius 3 is 2.61 bits per heavy atom. The number of rotatable bonds is 13. The van der Waals surface area contributed by atoms with E-state index in [0.717, 1.165) is 18.4 Å². The molecule has 0 aliphatic carbocycles. The molecule has 0 amide bonds. The summed E-state index contributed by atoms with van der Waals surface area (Å²) in [4.78, 5) is 27.6. The number of sulfonamides is 1. The number of ether oxygens (including phenoxy) is 1. The van der Waals surface area contributed by atoms with Gasteiger partial charge >= 0.3 is 0 Å². The third-order valence-corrected chi connectivity index (χ3v) is 8.97. The highest BCUT2D eigenvalue weighted by molar-refractivity contribution is 7.89. The van der Waals surface area contributed by atoms with Crippen molar-refractivity contribution in [2.45, 2.75) is 38.0 Å². The molecule has 2 aromatic heterocycles. The van der Waals surface area contributed by atoms with E-state index in [9.17, 15) is 23.6 Å². The summed E-state index contributed by atoms with van der Waals surface area (Å²) < 4.78 is 36.3. The van der Waals surface area contributed by atoms with Gasteiger partial charge < -0.3 is 29.5 Å². The van der Waals surface area contributed by atoms with E-state index in [-0.39, 0.29) is 30.4 Å². The maximum Gasteiger partial charge on any atom is 0.275 e. The first-order valence-electron chi connectivity index (χ1n) is 13.5. The molecule has 1 fully saturated rings. The third kappa shape index (κ3) is 6.45. The normalized spacial score (nSPS) is 15.3. The van der Waals surface area contributed by atoms with Crippen molar-refractivity contribution in [2.75, 3.05) is 45.9 Å². The molecule has 224 valence electrons. The zero-order valence-corrected chi connectivity index (χ0v) is 24.2. The van der Waals surface area contributed by atoms with Gasteiger partial charge in [-0.25, -0.2) is 13.4 Å². The molecular weight excluding hydrogens is 554 g/mol. The molecule has 3 aromatic rings. The van der Waals surface area contributed by atoms with Gasteiger partial charge in [-0.3, -0.25) is 15.3 Å². The number of fused-ring (bicyclic) bond motifs is 1. The Hall–Kier alpha value is -3.34. The molecule has 0 radical (unpaired) electrons. The van der Waals surface area contributed by atoms with E-state index in [4.69, 9.17) is 9.72 Å². The molecule has 3 heterocycles. The first-order valence-corrected chi connectivity index (χ1v) is 15.0. The molecule has 41 heavy (non-hydrogen) atoms. The van der Waals surface area contributed by atoms with E-state index in [1.54, 1.807) is 17.7 Å². The second-order valence-electron chi connectivity index (χ2n) is 9.71. The minimum Gasteiger partial charge on any atom is -0.765 e. The standard InChI is InChI=1S/C26H36N7O7S/c1-4-6-19-21(17-27-35)31(3)24-23(19)28-25(29-26(24)34)20-16-18(7-8-22(20)39-14-5-2)41(37,38)33-11-9-32(10-12-33)13-15-40-30-36/h7-8,16-17,30,35H,4-6,9-15H2,1-3H3,(H,28,29,34)/q-1/b27-17+. The summed E-state index contributed by atoms with van der Waals surface area (Å²) in [5.41, 5.74) is 3.42. The lowest BCUT2D eigenvalue weighted by Gasteiger charge is -2.34. The van der Waals surface area contributed by atoms with Gasteiger partial charge in [0.2, 0.25) is 10.0 Å². The van der Waals surface area contributed by atoms with Crippen LogP contribution in [0.1, 0.15) is 37.9 Å². The number of piperazine rings is 1. The summed E-state index contributed by atoms with van der Waals surface area (Å²) in [5, 5.41) is 22.6. The highest BCUT2D eigenvalue weighted by Crippen LogP contribution is 2.33. The maximum atomic E-state index is 13.7. The van der Waals surface area contributed by atoms with Gasteiger partial charge in [0.15, 0.2) is 0 Å². The number of aromatic amines is 1. The van der Waals surface area contributed by atoms with Crippen molar-refractivity contribution in [2.24, 2.45) is 12.2 Å². The fourth-order valence-electron chi connectivity index (χ4n) is 5.03. The van der Waals surface area contributed by atoms with Crippen molar-refractivity contribution in [1.82, 2.24) is 29.4 Å². The molecule has 1 aromatic carbocycles. The summed E-state index contributed by atoms with van der Waals surface area (Å²) in [5.74, 6) is 0.577. The number of oxime groups is 1. The largest absolute Gasteiger partial charge is 0.765 e. The van der Waals surface area contributed by atoms with Gasteiger partial charge in [-0.2, -0.15) is 4.31 Å². The SMILES string of the molecule is CCCOc1ccc(S(=O)(=O)N2CCN(CCON[O-])CC2)cc1-c1nc2c(CCC)c(/C=N/O)n(C)c2c(=O)[nH]1. The van der Waals surface area contributed by atoms with Crippen LogP contribution < -0.4 is 15.9 Å². The lowest BCUT2D eigenvalue weighted by molar-refractivity contribution is 0.0455. The van der Waals surface area contributed by atoms with E-state index >= 15 is 0 Å². The van der Waals surface area contributed by atoms with Crippen LogP contribution in [0.3, 0.4) is 0 Å². The molecule has 15 heteroatoms. The fourth-order valence-corrected chi connectivity index (χ4v) is 6.48. The molecule has 1 aliphatic rings. The Bertz CT molecular complexity index is 1540. The van der Waals surface area contributed by atoms with Crippen LogP contribution in [0, 0.1) is 5.21 Å². The second kappa shape index (κ2) is 13.5. The lowest BCUT2D eigenvalue weighted by atomic mass is 10.1. The predicted molar refractivity (Wildman–Crippen MR) is 154 cm³/mol. The van der Waals surface area contributed by atoms with Crippen LogP contribution in [0.25, 0.3) is 22.4 Å². The number of nitrogens with zero attached hydrogens (tertiary/aromatic N) is 5. The van der Waals surface area contributed by atoms with Gasteiger partial charge in [-0.15, -0.1) is 0 Å². The van der Waals surface area contributed by atoms with Gasteiger partial charge in [-0.05, 0) is 31.0 Å². The molecule has 3 N–H and O–H groups in total. The van der Waals surface area contributed by atoms with E-state index < -0.39 is 15.6 Å². The van der Waals surface area contributed by atoms with Crippen molar-refractivity contribution in [3.05, 3.63) is 45.0 Å².